The molecule has 2 aromatic carbocycles. The van der Waals surface area contributed by atoms with Gasteiger partial charge in [0.25, 0.3) is 5.91 Å². The van der Waals surface area contributed by atoms with Gasteiger partial charge in [-0.15, -0.1) is 0 Å². The van der Waals surface area contributed by atoms with E-state index >= 15 is 0 Å². The third-order valence-corrected chi connectivity index (χ3v) is 3.92. The molecule has 0 unspecified atom stereocenters. The van der Waals surface area contributed by atoms with Crippen LogP contribution in [0.5, 0.6) is 0 Å². The van der Waals surface area contributed by atoms with Crippen LogP contribution in [0.1, 0.15) is 17.3 Å². The summed E-state index contributed by atoms with van der Waals surface area (Å²) in [5.41, 5.74) is 12.3. The number of hydrogen-bond donors (Lipinski definition) is 3. The number of para-hydroxylation sites is 1. The van der Waals surface area contributed by atoms with E-state index in [1.807, 2.05) is 42.2 Å². The first-order valence-electron chi connectivity index (χ1n) is 8.35. The molecule has 138 valence electrons. The molecule has 27 heavy (non-hydrogen) atoms. The molecule has 8 heteroatoms. The Balaban J connectivity index is 1.81. The third-order valence-electron chi connectivity index (χ3n) is 3.92. The fourth-order valence-corrected chi connectivity index (χ4v) is 2.59. The van der Waals surface area contributed by atoms with Crippen LogP contribution in [0.2, 0.25) is 0 Å². The van der Waals surface area contributed by atoms with Crippen molar-refractivity contribution in [3.05, 3.63) is 72.3 Å². The summed E-state index contributed by atoms with van der Waals surface area (Å²) < 4.78 is 13.7. The highest BCUT2D eigenvalue weighted by Crippen LogP contribution is 2.31. The molecule has 1 amide bonds. The lowest BCUT2D eigenvalue weighted by atomic mass is 10.2. The van der Waals surface area contributed by atoms with Crippen molar-refractivity contribution in [2.75, 3.05) is 22.6 Å². The van der Waals surface area contributed by atoms with Gasteiger partial charge in [-0.2, -0.15) is 0 Å². The van der Waals surface area contributed by atoms with Crippen LogP contribution in [0, 0.1) is 5.82 Å². The van der Waals surface area contributed by atoms with Crippen LogP contribution in [-0.2, 0) is 0 Å². The first-order valence-corrected chi connectivity index (χ1v) is 8.35. The number of aromatic nitrogens is 2. The average Bonchev–Trinajstić information content (AvgIpc) is 2.70. The Bertz CT molecular complexity index is 934. The number of nitrogen functional groups attached to an aromatic ring is 1. The maximum absolute atomic E-state index is 13.7. The number of halogens is 1. The molecule has 0 bridgehead atoms. The first kappa shape index (κ1) is 18.1. The molecular formula is C19H19FN6O. The van der Waals surface area contributed by atoms with E-state index in [0.29, 0.717) is 12.4 Å². The van der Waals surface area contributed by atoms with Gasteiger partial charge >= 0.3 is 0 Å². The average molecular weight is 366 g/mol. The molecule has 1 aromatic heterocycles. The van der Waals surface area contributed by atoms with E-state index in [0.717, 1.165) is 5.69 Å². The zero-order chi connectivity index (χ0) is 19.2. The standard InChI is InChI=1S/C19H19FN6O/c1-2-26(13-8-4-3-5-9-13)18-16(21)17(22-12-23-18)24-25-19(27)14-10-6-7-11-15(14)20/h3-12H,2,21H2,1H3,(H,25,27)(H,22,23,24). The van der Waals surface area contributed by atoms with Crippen molar-refractivity contribution < 1.29 is 9.18 Å². The molecule has 0 spiro atoms. The summed E-state index contributed by atoms with van der Waals surface area (Å²) in [5, 5.41) is 0. The molecule has 0 saturated carbocycles. The zero-order valence-electron chi connectivity index (χ0n) is 14.7. The summed E-state index contributed by atoms with van der Waals surface area (Å²) >= 11 is 0. The van der Waals surface area contributed by atoms with Crippen LogP contribution >= 0.6 is 0 Å². The Labute approximate surface area is 156 Å². The zero-order valence-corrected chi connectivity index (χ0v) is 14.7. The Hall–Kier alpha value is -3.68. The first-order chi connectivity index (χ1) is 13.1. The smallest absolute Gasteiger partial charge is 0.272 e. The number of nitrogens with zero attached hydrogens (tertiary/aromatic N) is 3. The Morgan fingerprint density at radius 1 is 1.11 bits per heavy atom. The number of carbonyl (C=O) groups excluding carboxylic acids is 1. The molecule has 0 aliphatic rings. The SMILES string of the molecule is CCN(c1ccccc1)c1ncnc(NNC(=O)c2ccccc2F)c1N. The fraction of sp³-hybridized carbons (Fsp3) is 0.105. The lowest BCUT2D eigenvalue weighted by Crippen LogP contribution is -2.31. The van der Waals surface area contributed by atoms with Gasteiger partial charge in [0.15, 0.2) is 11.6 Å². The minimum Gasteiger partial charge on any atom is -0.393 e. The van der Waals surface area contributed by atoms with E-state index in [1.165, 1.54) is 24.5 Å². The summed E-state index contributed by atoms with van der Waals surface area (Å²) in [7, 11) is 0. The van der Waals surface area contributed by atoms with Crippen LogP contribution < -0.4 is 21.5 Å². The molecule has 4 N–H and O–H groups in total. The minimum absolute atomic E-state index is 0.0858. The highest BCUT2D eigenvalue weighted by atomic mass is 19.1. The molecule has 0 saturated heterocycles. The van der Waals surface area contributed by atoms with E-state index in [9.17, 15) is 9.18 Å². The fourth-order valence-electron chi connectivity index (χ4n) is 2.59. The number of rotatable bonds is 6. The van der Waals surface area contributed by atoms with E-state index in [-0.39, 0.29) is 17.1 Å². The van der Waals surface area contributed by atoms with Gasteiger partial charge in [0.1, 0.15) is 17.8 Å². The largest absolute Gasteiger partial charge is 0.393 e. The summed E-state index contributed by atoms with van der Waals surface area (Å²) in [6.07, 6.45) is 1.34. The van der Waals surface area contributed by atoms with Crippen molar-refractivity contribution in [2.45, 2.75) is 6.92 Å². The van der Waals surface area contributed by atoms with Crippen LogP contribution in [0.3, 0.4) is 0 Å². The highest BCUT2D eigenvalue weighted by Gasteiger charge is 2.17. The van der Waals surface area contributed by atoms with Gasteiger partial charge in [-0.05, 0) is 31.2 Å². The van der Waals surface area contributed by atoms with Crippen molar-refractivity contribution in [2.24, 2.45) is 0 Å². The quantitative estimate of drug-likeness (QED) is 0.580. The number of benzene rings is 2. The number of hydrogen-bond acceptors (Lipinski definition) is 6. The molecular weight excluding hydrogens is 347 g/mol. The summed E-state index contributed by atoms with van der Waals surface area (Å²) in [5.74, 6) is -0.530. The maximum Gasteiger partial charge on any atom is 0.272 e. The molecule has 0 radical (unpaired) electrons. The monoisotopic (exact) mass is 366 g/mol. The van der Waals surface area contributed by atoms with Crippen LogP contribution in [0.25, 0.3) is 0 Å². The second-order valence-electron chi connectivity index (χ2n) is 5.60. The number of nitrogens with two attached hydrogens (primary N) is 1. The van der Waals surface area contributed by atoms with Gasteiger partial charge in [0, 0.05) is 12.2 Å². The van der Waals surface area contributed by atoms with E-state index in [1.54, 1.807) is 6.07 Å². The molecule has 3 rings (SSSR count). The van der Waals surface area contributed by atoms with E-state index < -0.39 is 11.7 Å². The third kappa shape index (κ3) is 3.95. The Morgan fingerprint density at radius 2 is 1.81 bits per heavy atom. The Kier molecular flexibility index (Phi) is 5.46. The number of anilines is 4. The molecule has 0 aliphatic heterocycles. The number of hydrazine groups is 1. The van der Waals surface area contributed by atoms with Gasteiger partial charge in [-0.25, -0.2) is 14.4 Å². The second-order valence-corrected chi connectivity index (χ2v) is 5.60. The predicted octanol–water partition coefficient (Wildman–Crippen LogP) is 3.11. The molecule has 0 fully saturated rings. The van der Waals surface area contributed by atoms with E-state index in [4.69, 9.17) is 5.73 Å². The topological polar surface area (TPSA) is 96.2 Å². The van der Waals surface area contributed by atoms with Gasteiger partial charge in [0.05, 0.1) is 5.56 Å². The van der Waals surface area contributed by atoms with Gasteiger partial charge in [-0.1, -0.05) is 30.3 Å². The summed E-state index contributed by atoms with van der Waals surface area (Å²) in [4.78, 5) is 22.4. The van der Waals surface area contributed by atoms with Gasteiger partial charge in [0.2, 0.25) is 0 Å². The molecule has 0 aliphatic carbocycles. The lowest BCUT2D eigenvalue weighted by Gasteiger charge is -2.24. The number of carbonyl (C=O) groups is 1. The summed E-state index contributed by atoms with van der Waals surface area (Å²) in [6.45, 7) is 2.61. The lowest BCUT2D eigenvalue weighted by molar-refractivity contribution is 0.0958. The van der Waals surface area contributed by atoms with Crippen molar-refractivity contribution in [1.82, 2.24) is 15.4 Å². The van der Waals surface area contributed by atoms with Crippen molar-refractivity contribution in [3.63, 3.8) is 0 Å². The number of nitrogens with one attached hydrogen (secondary N) is 2. The minimum atomic E-state index is -0.636. The van der Waals surface area contributed by atoms with E-state index in [2.05, 4.69) is 20.8 Å². The van der Waals surface area contributed by atoms with Gasteiger partial charge in [-0.3, -0.25) is 15.6 Å². The summed E-state index contributed by atoms with van der Waals surface area (Å²) in [6, 6.07) is 15.3. The molecule has 0 atom stereocenters. The van der Waals surface area contributed by atoms with Crippen molar-refractivity contribution in [1.29, 1.82) is 0 Å². The van der Waals surface area contributed by atoms with Crippen LogP contribution in [-0.4, -0.2) is 22.4 Å². The normalized spacial score (nSPS) is 10.3. The maximum atomic E-state index is 13.7. The van der Waals surface area contributed by atoms with Crippen LogP contribution in [0.4, 0.5) is 27.4 Å². The highest BCUT2D eigenvalue weighted by molar-refractivity contribution is 5.95. The number of amides is 1. The predicted molar refractivity (Wildman–Crippen MR) is 103 cm³/mol. The Morgan fingerprint density at radius 3 is 2.52 bits per heavy atom. The molecule has 1 heterocycles. The van der Waals surface area contributed by atoms with Crippen molar-refractivity contribution in [3.8, 4) is 0 Å². The second kappa shape index (κ2) is 8.13. The van der Waals surface area contributed by atoms with Crippen LogP contribution in [0.15, 0.2) is 60.9 Å². The van der Waals surface area contributed by atoms with Gasteiger partial charge < -0.3 is 10.6 Å². The molecule has 7 nitrogen and oxygen atoms in total. The van der Waals surface area contributed by atoms with Crippen molar-refractivity contribution >= 4 is 28.9 Å². The molecule has 3 aromatic rings.